The molecule has 0 fully saturated rings. The first kappa shape index (κ1) is 15.1. The van der Waals surface area contributed by atoms with E-state index in [9.17, 15) is 18.0 Å². The Kier molecular flexibility index (Phi) is 4.02. The molecular weight excluding hydrogens is 281 g/mol. The van der Waals surface area contributed by atoms with Crippen molar-refractivity contribution in [3.63, 3.8) is 0 Å². The van der Waals surface area contributed by atoms with Crippen LogP contribution in [-0.4, -0.2) is 5.78 Å². The molecule has 2 aromatic rings. The molecule has 2 aromatic carbocycles. The van der Waals surface area contributed by atoms with Crippen molar-refractivity contribution >= 4 is 5.78 Å². The van der Waals surface area contributed by atoms with Gasteiger partial charge in [0.15, 0.2) is 5.78 Å². The lowest BCUT2D eigenvalue weighted by molar-refractivity contribution is -0.138. The third-order valence-corrected chi connectivity index (χ3v) is 2.93. The van der Waals surface area contributed by atoms with Crippen molar-refractivity contribution in [2.75, 3.05) is 0 Å². The first-order valence-corrected chi connectivity index (χ1v) is 6.24. The molecule has 0 unspecified atom stereocenters. The van der Waals surface area contributed by atoms with E-state index in [2.05, 4.69) is 0 Å². The maximum atomic E-state index is 13.0. The zero-order valence-electron chi connectivity index (χ0n) is 11.5. The molecule has 0 aliphatic heterocycles. The van der Waals surface area contributed by atoms with Crippen LogP contribution >= 0.6 is 0 Å². The Balaban J connectivity index is 2.38. The van der Waals surface area contributed by atoms with E-state index in [-0.39, 0.29) is 11.3 Å². The molecule has 0 aliphatic carbocycles. The lowest BCUT2D eigenvalue weighted by Gasteiger charge is -2.13. The Morgan fingerprint density at radius 2 is 1.57 bits per heavy atom. The van der Waals surface area contributed by atoms with E-state index >= 15 is 0 Å². The van der Waals surface area contributed by atoms with Gasteiger partial charge in [-0.05, 0) is 44.2 Å². The highest BCUT2D eigenvalue weighted by Crippen LogP contribution is 2.35. The second kappa shape index (κ2) is 5.60. The van der Waals surface area contributed by atoms with Gasteiger partial charge in [0.05, 0.1) is 5.56 Å². The highest BCUT2D eigenvalue weighted by Gasteiger charge is 2.35. The number of ether oxygens (including phenoxy) is 1. The number of benzene rings is 2. The SMILES string of the molecule is CC(=O)c1ccc(Oc2ccc(C)cc2)cc1C(F)(F)F. The Morgan fingerprint density at radius 3 is 2.10 bits per heavy atom. The summed E-state index contributed by atoms with van der Waals surface area (Å²) in [7, 11) is 0. The zero-order valence-corrected chi connectivity index (χ0v) is 11.5. The van der Waals surface area contributed by atoms with Gasteiger partial charge in [-0.1, -0.05) is 17.7 Å². The molecule has 5 heteroatoms. The predicted molar refractivity (Wildman–Crippen MR) is 72.7 cm³/mol. The van der Waals surface area contributed by atoms with Crippen LogP contribution in [0, 0.1) is 6.92 Å². The maximum Gasteiger partial charge on any atom is 0.417 e. The summed E-state index contributed by atoms with van der Waals surface area (Å²) in [5, 5.41) is 0. The van der Waals surface area contributed by atoms with Crippen LogP contribution in [0.4, 0.5) is 13.2 Å². The van der Waals surface area contributed by atoms with Crippen LogP contribution in [0.5, 0.6) is 11.5 Å². The number of rotatable bonds is 3. The molecule has 110 valence electrons. The van der Waals surface area contributed by atoms with Crippen LogP contribution in [0.25, 0.3) is 0 Å². The fraction of sp³-hybridized carbons (Fsp3) is 0.188. The van der Waals surface area contributed by atoms with Crippen molar-refractivity contribution in [3.05, 3.63) is 59.2 Å². The van der Waals surface area contributed by atoms with E-state index in [1.54, 1.807) is 24.3 Å². The Morgan fingerprint density at radius 1 is 1.00 bits per heavy atom. The fourth-order valence-corrected chi connectivity index (χ4v) is 1.87. The maximum absolute atomic E-state index is 13.0. The molecule has 0 radical (unpaired) electrons. The summed E-state index contributed by atoms with van der Waals surface area (Å²) in [5.74, 6) is -0.162. The van der Waals surface area contributed by atoms with Gasteiger partial charge >= 0.3 is 6.18 Å². The van der Waals surface area contributed by atoms with Crippen molar-refractivity contribution in [2.24, 2.45) is 0 Å². The summed E-state index contributed by atoms with van der Waals surface area (Å²) < 4.78 is 44.3. The molecule has 0 heterocycles. The first-order valence-electron chi connectivity index (χ1n) is 6.24. The number of aryl methyl sites for hydroxylation is 1. The van der Waals surface area contributed by atoms with Gasteiger partial charge in [0.2, 0.25) is 0 Å². The van der Waals surface area contributed by atoms with Crippen LogP contribution in [0.15, 0.2) is 42.5 Å². The number of halogens is 3. The molecular formula is C16H13F3O2. The molecule has 0 aliphatic rings. The van der Waals surface area contributed by atoms with Crippen molar-refractivity contribution in [3.8, 4) is 11.5 Å². The van der Waals surface area contributed by atoms with Gasteiger partial charge in [0.1, 0.15) is 11.5 Å². The van der Waals surface area contributed by atoms with Gasteiger partial charge in [-0.15, -0.1) is 0 Å². The van der Waals surface area contributed by atoms with Gasteiger partial charge in [-0.2, -0.15) is 13.2 Å². The van der Waals surface area contributed by atoms with Crippen LogP contribution in [0.3, 0.4) is 0 Å². The van der Waals surface area contributed by atoms with Crippen LogP contribution in [0.2, 0.25) is 0 Å². The van der Waals surface area contributed by atoms with E-state index in [0.29, 0.717) is 5.75 Å². The lowest BCUT2D eigenvalue weighted by Crippen LogP contribution is -2.11. The Hall–Kier alpha value is -2.30. The summed E-state index contributed by atoms with van der Waals surface area (Å²) in [5.41, 5.74) is -0.330. The number of hydrogen-bond acceptors (Lipinski definition) is 2. The van der Waals surface area contributed by atoms with Crippen molar-refractivity contribution in [1.29, 1.82) is 0 Å². The summed E-state index contributed by atoms with van der Waals surface area (Å²) >= 11 is 0. The van der Waals surface area contributed by atoms with E-state index in [0.717, 1.165) is 24.6 Å². The molecule has 0 amide bonds. The molecule has 21 heavy (non-hydrogen) atoms. The van der Waals surface area contributed by atoms with Crippen molar-refractivity contribution in [1.82, 2.24) is 0 Å². The predicted octanol–water partition coefficient (Wildman–Crippen LogP) is 5.01. The Labute approximate surface area is 120 Å². The summed E-state index contributed by atoms with van der Waals surface area (Å²) in [6.45, 7) is 3.00. The van der Waals surface area contributed by atoms with Gasteiger partial charge < -0.3 is 4.74 Å². The minimum Gasteiger partial charge on any atom is -0.457 e. The summed E-state index contributed by atoms with van der Waals surface area (Å²) in [6.07, 6.45) is -4.60. The number of carbonyl (C=O) groups excluding carboxylic acids is 1. The number of Topliss-reactive ketones (excluding diaryl/α,β-unsaturated/α-hetero) is 1. The number of ketones is 1. The molecule has 0 aromatic heterocycles. The summed E-state index contributed by atoms with van der Waals surface area (Å²) in [4.78, 5) is 11.3. The van der Waals surface area contributed by atoms with Crippen LogP contribution < -0.4 is 4.74 Å². The Bertz CT molecular complexity index is 658. The van der Waals surface area contributed by atoms with Crippen molar-refractivity contribution in [2.45, 2.75) is 20.0 Å². The lowest BCUT2D eigenvalue weighted by atomic mass is 10.0. The van der Waals surface area contributed by atoms with E-state index in [4.69, 9.17) is 4.74 Å². The molecule has 0 saturated heterocycles. The topological polar surface area (TPSA) is 26.3 Å². The second-order valence-electron chi connectivity index (χ2n) is 4.68. The third kappa shape index (κ3) is 3.62. The normalized spacial score (nSPS) is 11.3. The van der Waals surface area contributed by atoms with Crippen LogP contribution in [-0.2, 0) is 6.18 Å². The minimum atomic E-state index is -4.60. The highest BCUT2D eigenvalue weighted by atomic mass is 19.4. The van der Waals surface area contributed by atoms with Gasteiger partial charge in [0.25, 0.3) is 0 Å². The quantitative estimate of drug-likeness (QED) is 0.744. The smallest absolute Gasteiger partial charge is 0.417 e. The second-order valence-corrected chi connectivity index (χ2v) is 4.68. The van der Waals surface area contributed by atoms with Gasteiger partial charge in [0, 0.05) is 5.56 Å². The standard InChI is InChI=1S/C16H13F3O2/c1-10-3-5-12(6-4-10)21-13-7-8-14(11(2)20)15(9-13)16(17,18)19/h3-9H,1-2H3. The molecule has 0 bridgehead atoms. The van der Waals surface area contributed by atoms with Gasteiger partial charge in [-0.25, -0.2) is 0 Å². The monoisotopic (exact) mass is 294 g/mol. The van der Waals surface area contributed by atoms with E-state index in [1.807, 2.05) is 6.92 Å². The van der Waals surface area contributed by atoms with Crippen LogP contribution in [0.1, 0.15) is 28.4 Å². The molecule has 0 atom stereocenters. The van der Waals surface area contributed by atoms with Gasteiger partial charge in [-0.3, -0.25) is 4.79 Å². The fourth-order valence-electron chi connectivity index (χ4n) is 1.87. The van der Waals surface area contributed by atoms with E-state index < -0.39 is 17.5 Å². The summed E-state index contributed by atoms with van der Waals surface area (Å²) in [6, 6.07) is 10.3. The third-order valence-electron chi connectivity index (χ3n) is 2.93. The van der Waals surface area contributed by atoms with E-state index in [1.165, 1.54) is 6.07 Å². The average Bonchev–Trinajstić information content (AvgIpc) is 2.40. The first-order chi connectivity index (χ1) is 9.77. The number of alkyl halides is 3. The molecule has 0 saturated carbocycles. The zero-order chi connectivity index (χ0) is 15.6. The molecule has 2 rings (SSSR count). The largest absolute Gasteiger partial charge is 0.457 e. The number of carbonyl (C=O) groups is 1. The average molecular weight is 294 g/mol. The highest BCUT2D eigenvalue weighted by molar-refractivity contribution is 5.96. The molecule has 0 N–H and O–H groups in total. The molecule has 0 spiro atoms. The minimum absolute atomic E-state index is 0.0381. The van der Waals surface area contributed by atoms with Crippen molar-refractivity contribution < 1.29 is 22.7 Å². The number of hydrogen-bond donors (Lipinski definition) is 0. The molecule has 2 nitrogen and oxygen atoms in total.